The first-order valence-corrected chi connectivity index (χ1v) is 7.72. The van der Waals surface area contributed by atoms with Crippen molar-refractivity contribution in [2.24, 2.45) is 5.92 Å². The van der Waals surface area contributed by atoms with Crippen LogP contribution in [0, 0.1) is 5.92 Å². The van der Waals surface area contributed by atoms with Gasteiger partial charge in [-0.3, -0.25) is 4.79 Å². The van der Waals surface area contributed by atoms with E-state index in [2.05, 4.69) is 27.8 Å². The Labute approximate surface area is 124 Å². The lowest BCUT2D eigenvalue weighted by atomic mass is 9.93. The Morgan fingerprint density at radius 3 is 3.10 bits per heavy atom. The molecule has 0 saturated carbocycles. The Hall–Kier alpha value is -2.10. The van der Waals surface area contributed by atoms with Crippen molar-refractivity contribution < 1.29 is 4.79 Å². The second kappa shape index (κ2) is 5.02. The maximum Gasteiger partial charge on any atom is 0.230 e. The minimum atomic E-state index is 0.0751. The molecule has 2 aromatic rings. The molecule has 0 aliphatic carbocycles. The van der Waals surface area contributed by atoms with Gasteiger partial charge in [-0.2, -0.15) is 0 Å². The Bertz CT molecular complexity index is 676. The van der Waals surface area contributed by atoms with E-state index in [-0.39, 0.29) is 11.8 Å². The van der Waals surface area contributed by atoms with E-state index in [0.717, 1.165) is 50.3 Å². The monoisotopic (exact) mass is 281 g/mol. The van der Waals surface area contributed by atoms with E-state index in [1.54, 1.807) is 0 Å². The van der Waals surface area contributed by atoms with Crippen molar-refractivity contribution >= 4 is 11.6 Å². The van der Waals surface area contributed by atoms with E-state index in [1.165, 1.54) is 5.56 Å². The molecule has 1 aromatic heterocycles. The van der Waals surface area contributed by atoms with Crippen LogP contribution in [0.1, 0.15) is 24.2 Å². The molecule has 1 atom stereocenters. The van der Waals surface area contributed by atoms with Crippen molar-refractivity contribution in [1.29, 1.82) is 0 Å². The number of amides is 1. The number of anilines is 1. The van der Waals surface area contributed by atoms with E-state index >= 15 is 0 Å². The molecule has 0 bridgehead atoms. The van der Waals surface area contributed by atoms with Gasteiger partial charge in [0.1, 0.15) is 5.82 Å². The number of benzene rings is 1. The number of fused-ring (bicyclic) bond motifs is 2. The van der Waals surface area contributed by atoms with E-state index in [0.29, 0.717) is 0 Å². The lowest BCUT2D eigenvalue weighted by Crippen LogP contribution is -2.42. The third kappa shape index (κ3) is 2.15. The molecule has 3 heterocycles. The first-order valence-electron chi connectivity index (χ1n) is 7.72. The molecule has 2 aliphatic rings. The lowest BCUT2D eigenvalue weighted by Gasteiger charge is -2.33. The molecule has 0 fully saturated rings. The van der Waals surface area contributed by atoms with Crippen molar-refractivity contribution in [3.8, 4) is 0 Å². The number of rotatable bonds is 1. The summed E-state index contributed by atoms with van der Waals surface area (Å²) in [5, 5.41) is 0. The van der Waals surface area contributed by atoms with E-state index in [1.807, 2.05) is 23.4 Å². The van der Waals surface area contributed by atoms with Gasteiger partial charge in [-0.15, -0.1) is 0 Å². The summed E-state index contributed by atoms with van der Waals surface area (Å²) < 4.78 is 2.16. The summed E-state index contributed by atoms with van der Waals surface area (Å²) in [5.41, 5.74) is 2.41. The van der Waals surface area contributed by atoms with Gasteiger partial charge in [-0.1, -0.05) is 18.2 Å². The summed E-state index contributed by atoms with van der Waals surface area (Å²) in [6.45, 7) is 1.75. The summed E-state index contributed by atoms with van der Waals surface area (Å²) in [7, 11) is 0. The largest absolute Gasteiger partial charge is 0.335 e. The highest BCUT2D eigenvalue weighted by Gasteiger charge is 2.31. The standard InChI is InChI=1S/C17H19N3O/c21-17(14-7-10-19-11-8-18-16(19)12-14)20-9-3-5-13-4-1-2-6-15(13)20/h1-2,4,6,8,11,14H,3,5,7,9-10,12H2. The SMILES string of the molecule is O=C(C1CCn2ccnc2C1)N1CCCc2ccccc21. The van der Waals surface area contributed by atoms with Gasteiger partial charge in [-0.05, 0) is 30.9 Å². The van der Waals surface area contributed by atoms with E-state index in [4.69, 9.17) is 0 Å². The van der Waals surface area contributed by atoms with Crippen molar-refractivity contribution in [1.82, 2.24) is 9.55 Å². The summed E-state index contributed by atoms with van der Waals surface area (Å²) in [6, 6.07) is 8.31. The van der Waals surface area contributed by atoms with Gasteiger partial charge in [0.25, 0.3) is 0 Å². The average molecular weight is 281 g/mol. The highest BCUT2D eigenvalue weighted by atomic mass is 16.2. The van der Waals surface area contributed by atoms with Crippen molar-refractivity contribution in [2.45, 2.75) is 32.2 Å². The fourth-order valence-corrected chi connectivity index (χ4v) is 3.54. The fourth-order valence-electron chi connectivity index (χ4n) is 3.54. The zero-order valence-corrected chi connectivity index (χ0v) is 12.0. The van der Waals surface area contributed by atoms with Crippen LogP contribution in [-0.2, 0) is 24.2 Å². The third-order valence-corrected chi connectivity index (χ3v) is 4.67. The van der Waals surface area contributed by atoms with Crippen LogP contribution < -0.4 is 4.90 Å². The summed E-state index contributed by atoms with van der Waals surface area (Å²) in [4.78, 5) is 19.3. The van der Waals surface area contributed by atoms with Crippen LogP contribution in [0.2, 0.25) is 0 Å². The molecule has 0 N–H and O–H groups in total. The average Bonchev–Trinajstić information content (AvgIpc) is 3.01. The number of imidazole rings is 1. The van der Waals surface area contributed by atoms with E-state index in [9.17, 15) is 4.79 Å². The number of aromatic nitrogens is 2. The molecule has 0 radical (unpaired) electrons. The highest BCUT2D eigenvalue weighted by Crippen LogP contribution is 2.30. The van der Waals surface area contributed by atoms with E-state index < -0.39 is 0 Å². The van der Waals surface area contributed by atoms with Gasteiger partial charge < -0.3 is 9.47 Å². The second-order valence-electron chi connectivity index (χ2n) is 5.95. The summed E-state index contributed by atoms with van der Waals surface area (Å²) >= 11 is 0. The Morgan fingerprint density at radius 2 is 2.14 bits per heavy atom. The molecule has 4 rings (SSSR count). The molecule has 0 spiro atoms. The van der Waals surface area contributed by atoms with Crippen LogP contribution in [-0.4, -0.2) is 22.0 Å². The molecular weight excluding hydrogens is 262 g/mol. The number of nitrogens with zero attached hydrogens (tertiary/aromatic N) is 3. The van der Waals surface area contributed by atoms with Crippen LogP contribution in [0.5, 0.6) is 0 Å². The first-order chi connectivity index (χ1) is 10.3. The lowest BCUT2D eigenvalue weighted by molar-refractivity contribution is -0.123. The van der Waals surface area contributed by atoms with Crippen molar-refractivity contribution in [3.63, 3.8) is 0 Å². The molecular formula is C17H19N3O. The number of hydrogen-bond acceptors (Lipinski definition) is 2. The minimum absolute atomic E-state index is 0.0751. The van der Waals surface area contributed by atoms with Gasteiger partial charge >= 0.3 is 0 Å². The smallest absolute Gasteiger partial charge is 0.230 e. The number of para-hydroxylation sites is 1. The molecule has 4 heteroatoms. The number of carbonyl (C=O) groups excluding carboxylic acids is 1. The number of aryl methyl sites for hydroxylation is 2. The van der Waals surface area contributed by atoms with Gasteiger partial charge in [0.15, 0.2) is 0 Å². The molecule has 1 amide bonds. The Kier molecular flexibility index (Phi) is 3.02. The quantitative estimate of drug-likeness (QED) is 0.805. The molecule has 21 heavy (non-hydrogen) atoms. The van der Waals surface area contributed by atoms with Gasteiger partial charge in [-0.25, -0.2) is 4.98 Å². The molecule has 108 valence electrons. The predicted octanol–water partition coefficient (Wildman–Crippen LogP) is 2.42. The molecule has 4 nitrogen and oxygen atoms in total. The van der Waals surface area contributed by atoms with Crippen molar-refractivity contribution in [2.75, 3.05) is 11.4 Å². The van der Waals surface area contributed by atoms with Gasteiger partial charge in [0.05, 0.1) is 0 Å². The maximum absolute atomic E-state index is 12.9. The Morgan fingerprint density at radius 1 is 1.24 bits per heavy atom. The Balaban J connectivity index is 1.59. The van der Waals surface area contributed by atoms with Crippen LogP contribution in [0.15, 0.2) is 36.7 Å². The molecule has 0 saturated heterocycles. The number of carbonyl (C=O) groups is 1. The van der Waals surface area contributed by atoms with Crippen LogP contribution in [0.3, 0.4) is 0 Å². The molecule has 1 aromatic carbocycles. The zero-order valence-electron chi connectivity index (χ0n) is 12.0. The number of hydrogen-bond donors (Lipinski definition) is 0. The fraction of sp³-hybridized carbons (Fsp3) is 0.412. The van der Waals surface area contributed by atoms with Crippen molar-refractivity contribution in [3.05, 3.63) is 48.0 Å². The van der Waals surface area contributed by atoms with Crippen LogP contribution in [0.4, 0.5) is 5.69 Å². The van der Waals surface area contributed by atoms with Gasteiger partial charge in [0.2, 0.25) is 5.91 Å². The normalized spacial score (nSPS) is 20.8. The second-order valence-corrected chi connectivity index (χ2v) is 5.95. The topological polar surface area (TPSA) is 38.1 Å². The maximum atomic E-state index is 12.9. The zero-order chi connectivity index (χ0) is 14.2. The summed E-state index contributed by atoms with van der Waals surface area (Å²) in [6.07, 6.45) is 7.66. The highest BCUT2D eigenvalue weighted by molar-refractivity contribution is 5.96. The predicted molar refractivity (Wildman–Crippen MR) is 81.2 cm³/mol. The third-order valence-electron chi connectivity index (χ3n) is 4.67. The molecule has 2 aliphatic heterocycles. The van der Waals surface area contributed by atoms with Gasteiger partial charge in [0, 0.05) is 43.5 Å². The minimum Gasteiger partial charge on any atom is -0.335 e. The summed E-state index contributed by atoms with van der Waals surface area (Å²) in [5.74, 6) is 1.40. The van der Waals surface area contributed by atoms with Crippen LogP contribution in [0.25, 0.3) is 0 Å². The molecule has 1 unspecified atom stereocenters. The first kappa shape index (κ1) is 12.6. The van der Waals surface area contributed by atoms with Crippen LogP contribution >= 0.6 is 0 Å².